The summed E-state index contributed by atoms with van der Waals surface area (Å²) in [6, 6.07) is 7.40. The molecule has 2 aromatic rings. The summed E-state index contributed by atoms with van der Waals surface area (Å²) in [5.41, 5.74) is 0.580. The number of hydrogen-bond acceptors (Lipinski definition) is 7. The molecule has 0 aliphatic rings. The number of para-hydroxylation sites is 1. The van der Waals surface area contributed by atoms with Gasteiger partial charge in [0.15, 0.2) is 0 Å². The van der Waals surface area contributed by atoms with Gasteiger partial charge in [-0.15, -0.1) is 10.2 Å². The molecule has 0 amide bonds. The van der Waals surface area contributed by atoms with E-state index in [-0.39, 0.29) is 12.2 Å². The number of aromatic amines is 1. The van der Waals surface area contributed by atoms with Crippen molar-refractivity contribution in [2.45, 2.75) is 32.5 Å². The molecule has 1 atom stereocenters. The number of H-pyrrole nitrogens is 1. The van der Waals surface area contributed by atoms with Crippen molar-refractivity contribution >= 4 is 0 Å². The minimum absolute atomic E-state index is 0.151. The molecule has 0 spiro atoms. The molecule has 0 aliphatic carbocycles. The molecule has 25 heavy (non-hydrogen) atoms. The summed E-state index contributed by atoms with van der Waals surface area (Å²) in [6.07, 6.45) is -0.613. The zero-order chi connectivity index (χ0) is 18.3. The highest BCUT2D eigenvalue weighted by Gasteiger charge is 2.14. The van der Waals surface area contributed by atoms with Crippen LogP contribution < -0.4 is 4.74 Å². The number of ether oxygens (including phenoxy) is 2. The standard InChI is InChI=1S/C17H27N5O3/c1-17(2,3)25-10-9-22(4)11-13(23)12-24-15-8-6-5-7-14(15)16-18-20-21-19-16/h5-8,13,23H,9-12H2,1-4H3,(H,18,19,20,21). The number of hydrogen-bond donors (Lipinski definition) is 2. The number of aliphatic hydroxyl groups is 1. The minimum atomic E-state index is -0.613. The normalized spacial score (nSPS) is 13.2. The number of rotatable bonds is 9. The minimum Gasteiger partial charge on any atom is -0.490 e. The van der Waals surface area contributed by atoms with Gasteiger partial charge in [-0.25, -0.2) is 0 Å². The molecule has 2 rings (SSSR count). The second-order valence-corrected chi connectivity index (χ2v) is 6.92. The summed E-state index contributed by atoms with van der Waals surface area (Å²) in [6.45, 7) is 8.11. The predicted octanol–water partition coefficient (Wildman–Crippen LogP) is 1.35. The molecule has 1 unspecified atom stereocenters. The summed E-state index contributed by atoms with van der Waals surface area (Å²) < 4.78 is 11.4. The van der Waals surface area contributed by atoms with Crippen molar-refractivity contribution in [1.82, 2.24) is 25.5 Å². The van der Waals surface area contributed by atoms with Crippen LogP contribution in [0.1, 0.15) is 20.8 Å². The number of tetrazole rings is 1. The SMILES string of the molecule is CN(CCOC(C)(C)C)CC(O)COc1ccccc1-c1nn[nH]n1. The van der Waals surface area contributed by atoms with Gasteiger partial charge in [-0.1, -0.05) is 12.1 Å². The highest BCUT2D eigenvalue weighted by molar-refractivity contribution is 5.63. The number of aromatic nitrogens is 4. The molecule has 1 aromatic heterocycles. The Bertz CT molecular complexity index is 627. The van der Waals surface area contributed by atoms with Crippen molar-refractivity contribution in [1.29, 1.82) is 0 Å². The molecule has 0 bridgehead atoms. The van der Waals surface area contributed by atoms with Crippen LogP contribution in [0, 0.1) is 0 Å². The highest BCUT2D eigenvalue weighted by Crippen LogP contribution is 2.26. The van der Waals surface area contributed by atoms with Crippen LogP contribution in [-0.4, -0.2) is 75.7 Å². The number of aliphatic hydroxyl groups excluding tert-OH is 1. The molecule has 8 heteroatoms. The van der Waals surface area contributed by atoms with E-state index in [0.29, 0.717) is 24.7 Å². The van der Waals surface area contributed by atoms with E-state index in [4.69, 9.17) is 9.47 Å². The monoisotopic (exact) mass is 349 g/mol. The summed E-state index contributed by atoms with van der Waals surface area (Å²) in [5.74, 6) is 1.07. The highest BCUT2D eigenvalue weighted by atomic mass is 16.5. The molecule has 138 valence electrons. The summed E-state index contributed by atoms with van der Waals surface area (Å²) >= 11 is 0. The van der Waals surface area contributed by atoms with Gasteiger partial charge in [0.25, 0.3) is 0 Å². The van der Waals surface area contributed by atoms with Gasteiger partial charge in [0.1, 0.15) is 18.5 Å². The fraction of sp³-hybridized carbons (Fsp3) is 0.588. The van der Waals surface area contributed by atoms with E-state index in [1.165, 1.54) is 0 Å². The Morgan fingerprint density at radius 3 is 2.72 bits per heavy atom. The molecule has 1 heterocycles. The zero-order valence-electron chi connectivity index (χ0n) is 15.3. The third-order valence-corrected chi connectivity index (χ3v) is 3.44. The molecule has 2 N–H and O–H groups in total. The molecule has 0 saturated heterocycles. The van der Waals surface area contributed by atoms with Crippen LogP contribution in [0.3, 0.4) is 0 Å². The maximum absolute atomic E-state index is 10.2. The lowest BCUT2D eigenvalue weighted by Gasteiger charge is -2.24. The second kappa shape index (κ2) is 8.89. The fourth-order valence-corrected chi connectivity index (χ4v) is 2.25. The van der Waals surface area contributed by atoms with Crippen LogP contribution in [0.5, 0.6) is 5.75 Å². The smallest absolute Gasteiger partial charge is 0.208 e. The van der Waals surface area contributed by atoms with Crippen LogP contribution in [0.15, 0.2) is 24.3 Å². The average Bonchev–Trinajstić information content (AvgIpc) is 3.06. The maximum Gasteiger partial charge on any atom is 0.208 e. The zero-order valence-corrected chi connectivity index (χ0v) is 15.3. The van der Waals surface area contributed by atoms with Crippen molar-refractivity contribution in [3.05, 3.63) is 24.3 Å². The van der Waals surface area contributed by atoms with Gasteiger partial charge in [0.05, 0.1) is 17.8 Å². The first-order valence-corrected chi connectivity index (χ1v) is 8.31. The third-order valence-electron chi connectivity index (χ3n) is 3.44. The van der Waals surface area contributed by atoms with Crippen molar-refractivity contribution < 1.29 is 14.6 Å². The number of likely N-dealkylation sites (N-methyl/N-ethyl adjacent to an activating group) is 1. The summed E-state index contributed by atoms with van der Waals surface area (Å²) in [5, 5.41) is 24.1. The van der Waals surface area contributed by atoms with Crippen molar-refractivity contribution in [2.24, 2.45) is 0 Å². The lowest BCUT2D eigenvalue weighted by molar-refractivity contribution is -0.0157. The van der Waals surface area contributed by atoms with E-state index < -0.39 is 6.10 Å². The van der Waals surface area contributed by atoms with Crippen LogP contribution in [0.2, 0.25) is 0 Å². The van der Waals surface area contributed by atoms with Crippen LogP contribution in [0.4, 0.5) is 0 Å². The Morgan fingerprint density at radius 1 is 1.28 bits per heavy atom. The van der Waals surface area contributed by atoms with Gasteiger partial charge in [0.2, 0.25) is 5.82 Å². The van der Waals surface area contributed by atoms with E-state index in [9.17, 15) is 5.11 Å². The Balaban J connectivity index is 1.80. The van der Waals surface area contributed by atoms with Crippen molar-refractivity contribution in [3.8, 4) is 17.1 Å². The first-order valence-electron chi connectivity index (χ1n) is 8.31. The Morgan fingerprint density at radius 2 is 2.04 bits per heavy atom. The molecule has 0 aliphatic heterocycles. The second-order valence-electron chi connectivity index (χ2n) is 6.92. The van der Waals surface area contributed by atoms with E-state index in [1.54, 1.807) is 0 Å². The van der Waals surface area contributed by atoms with Gasteiger partial charge < -0.3 is 19.5 Å². The molecule has 0 saturated carbocycles. The molecule has 1 aromatic carbocycles. The van der Waals surface area contributed by atoms with Gasteiger partial charge in [-0.05, 0) is 45.2 Å². The largest absolute Gasteiger partial charge is 0.490 e. The van der Waals surface area contributed by atoms with E-state index >= 15 is 0 Å². The predicted molar refractivity (Wildman–Crippen MR) is 94.3 cm³/mol. The summed E-state index contributed by atoms with van der Waals surface area (Å²) in [7, 11) is 1.95. The molecular weight excluding hydrogens is 322 g/mol. The molecule has 0 fully saturated rings. The lowest BCUT2D eigenvalue weighted by atomic mass is 10.2. The number of benzene rings is 1. The fourth-order valence-electron chi connectivity index (χ4n) is 2.25. The van der Waals surface area contributed by atoms with Crippen LogP contribution in [-0.2, 0) is 4.74 Å². The lowest BCUT2D eigenvalue weighted by Crippen LogP contribution is -2.36. The summed E-state index contributed by atoms with van der Waals surface area (Å²) in [4.78, 5) is 2.02. The van der Waals surface area contributed by atoms with E-state index in [2.05, 4.69) is 20.6 Å². The quantitative estimate of drug-likeness (QED) is 0.705. The van der Waals surface area contributed by atoms with Crippen LogP contribution >= 0.6 is 0 Å². The van der Waals surface area contributed by atoms with Gasteiger partial charge >= 0.3 is 0 Å². The van der Waals surface area contributed by atoms with Crippen LogP contribution in [0.25, 0.3) is 11.4 Å². The Labute approximate surface area is 148 Å². The number of nitrogens with one attached hydrogen (secondary N) is 1. The maximum atomic E-state index is 10.2. The number of nitrogens with zero attached hydrogens (tertiary/aromatic N) is 4. The third kappa shape index (κ3) is 6.77. The topological polar surface area (TPSA) is 96.4 Å². The van der Waals surface area contributed by atoms with Crippen molar-refractivity contribution in [3.63, 3.8) is 0 Å². The first-order chi connectivity index (χ1) is 11.8. The first kappa shape index (κ1) is 19.3. The van der Waals surface area contributed by atoms with Gasteiger partial charge in [0, 0.05) is 13.1 Å². The van der Waals surface area contributed by atoms with Crippen molar-refractivity contribution in [2.75, 3.05) is 33.4 Å². The Hall–Kier alpha value is -2.03. The van der Waals surface area contributed by atoms with E-state index in [1.807, 2.05) is 57.0 Å². The Kier molecular flexibility index (Phi) is 6.86. The van der Waals surface area contributed by atoms with Gasteiger partial charge in [-0.2, -0.15) is 5.21 Å². The molecular formula is C17H27N5O3. The van der Waals surface area contributed by atoms with Gasteiger partial charge in [-0.3, -0.25) is 0 Å². The molecule has 0 radical (unpaired) electrons. The van der Waals surface area contributed by atoms with E-state index in [0.717, 1.165) is 12.1 Å². The molecule has 8 nitrogen and oxygen atoms in total. The average molecular weight is 349 g/mol.